The summed E-state index contributed by atoms with van der Waals surface area (Å²) in [6.07, 6.45) is 4.45. The predicted molar refractivity (Wildman–Crippen MR) is 93.0 cm³/mol. The predicted octanol–water partition coefficient (Wildman–Crippen LogP) is 2.46. The molecule has 0 radical (unpaired) electrons. The number of carboxylic acid groups (broad SMARTS) is 1. The van der Waals surface area contributed by atoms with E-state index in [0.717, 1.165) is 29.2 Å². The van der Waals surface area contributed by atoms with Crippen LogP contribution in [0.5, 0.6) is 0 Å². The first-order valence-electron chi connectivity index (χ1n) is 8.45. The SMILES string of the molecule is O=C(Cc1csc(-c2ccccn2)n1)N1C[C@@H]2CCC[C@@]2(C(=O)O)C1. The van der Waals surface area contributed by atoms with E-state index in [-0.39, 0.29) is 18.2 Å². The van der Waals surface area contributed by atoms with Gasteiger partial charge in [-0.2, -0.15) is 0 Å². The zero-order valence-electron chi connectivity index (χ0n) is 13.7. The largest absolute Gasteiger partial charge is 0.481 e. The summed E-state index contributed by atoms with van der Waals surface area (Å²) < 4.78 is 0. The zero-order chi connectivity index (χ0) is 17.4. The monoisotopic (exact) mass is 357 g/mol. The van der Waals surface area contributed by atoms with Crippen molar-refractivity contribution < 1.29 is 14.7 Å². The van der Waals surface area contributed by atoms with Gasteiger partial charge >= 0.3 is 5.97 Å². The van der Waals surface area contributed by atoms with Gasteiger partial charge in [0, 0.05) is 24.7 Å². The topological polar surface area (TPSA) is 83.4 Å². The lowest BCUT2D eigenvalue weighted by Crippen LogP contribution is -2.37. The van der Waals surface area contributed by atoms with Crippen molar-refractivity contribution in [3.05, 3.63) is 35.5 Å². The Kier molecular flexibility index (Phi) is 4.03. The maximum absolute atomic E-state index is 12.6. The molecule has 1 saturated carbocycles. The van der Waals surface area contributed by atoms with Crippen LogP contribution < -0.4 is 0 Å². The molecule has 6 nitrogen and oxygen atoms in total. The van der Waals surface area contributed by atoms with E-state index in [1.54, 1.807) is 11.1 Å². The van der Waals surface area contributed by atoms with Gasteiger partial charge in [-0.05, 0) is 30.9 Å². The van der Waals surface area contributed by atoms with Crippen LogP contribution in [0.4, 0.5) is 0 Å². The highest BCUT2D eigenvalue weighted by molar-refractivity contribution is 7.13. The van der Waals surface area contributed by atoms with Gasteiger partial charge in [-0.25, -0.2) is 4.98 Å². The van der Waals surface area contributed by atoms with Crippen molar-refractivity contribution in [2.75, 3.05) is 13.1 Å². The first-order chi connectivity index (χ1) is 12.1. The van der Waals surface area contributed by atoms with E-state index in [9.17, 15) is 14.7 Å². The summed E-state index contributed by atoms with van der Waals surface area (Å²) in [5.74, 6) is -0.697. The van der Waals surface area contributed by atoms with Crippen molar-refractivity contribution >= 4 is 23.2 Å². The Morgan fingerprint density at radius 1 is 1.40 bits per heavy atom. The van der Waals surface area contributed by atoms with Crippen molar-refractivity contribution in [1.82, 2.24) is 14.9 Å². The molecule has 4 rings (SSSR count). The Labute approximate surface area is 149 Å². The van der Waals surface area contributed by atoms with Gasteiger partial charge in [0.15, 0.2) is 0 Å². The molecule has 1 aliphatic heterocycles. The van der Waals surface area contributed by atoms with Crippen LogP contribution in [0.2, 0.25) is 0 Å². The summed E-state index contributed by atoms with van der Waals surface area (Å²) in [5.41, 5.74) is 0.792. The van der Waals surface area contributed by atoms with Crippen LogP contribution in [-0.4, -0.2) is 44.9 Å². The minimum Gasteiger partial charge on any atom is -0.481 e. The number of fused-ring (bicyclic) bond motifs is 1. The third-order valence-corrected chi connectivity index (χ3v) is 6.33. The van der Waals surface area contributed by atoms with Crippen LogP contribution in [0.25, 0.3) is 10.7 Å². The highest BCUT2D eigenvalue weighted by Crippen LogP contribution is 2.48. The number of thiazole rings is 1. The minimum absolute atomic E-state index is 0.0344. The molecule has 2 aromatic rings. The van der Waals surface area contributed by atoms with E-state index in [2.05, 4.69) is 9.97 Å². The van der Waals surface area contributed by atoms with Crippen molar-refractivity contribution in [2.24, 2.45) is 11.3 Å². The summed E-state index contributed by atoms with van der Waals surface area (Å²) in [6.45, 7) is 0.894. The molecule has 2 aromatic heterocycles. The zero-order valence-corrected chi connectivity index (χ0v) is 14.5. The Balaban J connectivity index is 1.45. The average molecular weight is 357 g/mol. The Hall–Kier alpha value is -2.28. The third kappa shape index (κ3) is 2.82. The van der Waals surface area contributed by atoms with Gasteiger partial charge < -0.3 is 10.0 Å². The smallest absolute Gasteiger partial charge is 0.311 e. The molecule has 1 N–H and O–H groups in total. The lowest BCUT2D eigenvalue weighted by Gasteiger charge is -2.23. The standard InChI is InChI=1S/C18H19N3O3S/c22-15(21-9-12-4-3-6-18(12,11-21)17(23)24)8-13-10-25-16(20-13)14-5-1-2-7-19-14/h1-2,5,7,10,12H,3-4,6,8-9,11H2,(H,23,24)/t12-,18+/m0/s1. The molecular weight excluding hydrogens is 338 g/mol. The fourth-order valence-corrected chi connectivity index (χ4v) is 4.89. The Morgan fingerprint density at radius 3 is 3.00 bits per heavy atom. The van der Waals surface area contributed by atoms with Crippen molar-refractivity contribution in [3.8, 4) is 10.7 Å². The van der Waals surface area contributed by atoms with Crippen LogP contribution in [0.1, 0.15) is 25.0 Å². The second-order valence-corrected chi connectivity index (χ2v) is 7.72. The molecule has 0 spiro atoms. The molecule has 7 heteroatoms. The second-order valence-electron chi connectivity index (χ2n) is 6.86. The number of carbonyl (C=O) groups is 2. The number of rotatable bonds is 4. The van der Waals surface area contributed by atoms with E-state index >= 15 is 0 Å². The van der Waals surface area contributed by atoms with Crippen LogP contribution >= 0.6 is 11.3 Å². The molecule has 0 bridgehead atoms. The highest BCUT2D eigenvalue weighted by atomic mass is 32.1. The first-order valence-corrected chi connectivity index (χ1v) is 9.33. The van der Waals surface area contributed by atoms with Gasteiger partial charge in [0.1, 0.15) is 5.01 Å². The van der Waals surface area contributed by atoms with Crippen molar-refractivity contribution in [1.29, 1.82) is 0 Å². The molecule has 3 heterocycles. The van der Waals surface area contributed by atoms with Crippen LogP contribution in [-0.2, 0) is 16.0 Å². The number of nitrogens with zero attached hydrogens (tertiary/aromatic N) is 3. The summed E-state index contributed by atoms with van der Waals surface area (Å²) in [7, 11) is 0. The third-order valence-electron chi connectivity index (χ3n) is 5.42. The second kappa shape index (κ2) is 6.22. The molecule has 2 atom stereocenters. The fraction of sp³-hybridized carbons (Fsp3) is 0.444. The average Bonchev–Trinajstić information content (AvgIpc) is 3.29. The number of pyridine rings is 1. The van der Waals surface area contributed by atoms with Gasteiger partial charge in [-0.15, -0.1) is 11.3 Å². The molecule has 2 fully saturated rings. The Morgan fingerprint density at radius 2 is 2.28 bits per heavy atom. The number of aromatic nitrogens is 2. The van der Waals surface area contributed by atoms with Gasteiger partial charge in [0.2, 0.25) is 5.91 Å². The Bertz CT molecular complexity index is 807. The van der Waals surface area contributed by atoms with Crippen molar-refractivity contribution in [3.63, 3.8) is 0 Å². The molecule has 25 heavy (non-hydrogen) atoms. The van der Waals surface area contributed by atoms with Gasteiger partial charge in [0.25, 0.3) is 0 Å². The maximum atomic E-state index is 12.6. The molecule has 1 aliphatic carbocycles. The quantitative estimate of drug-likeness (QED) is 0.909. The molecule has 1 saturated heterocycles. The maximum Gasteiger partial charge on any atom is 0.311 e. The highest BCUT2D eigenvalue weighted by Gasteiger charge is 2.55. The van der Waals surface area contributed by atoms with Gasteiger partial charge in [-0.1, -0.05) is 12.5 Å². The van der Waals surface area contributed by atoms with E-state index in [1.165, 1.54) is 11.3 Å². The molecule has 130 valence electrons. The van der Waals surface area contributed by atoms with Gasteiger partial charge in [0.05, 0.1) is 23.2 Å². The van der Waals surface area contributed by atoms with Crippen LogP contribution in [0.3, 0.4) is 0 Å². The van der Waals surface area contributed by atoms with Crippen LogP contribution in [0, 0.1) is 11.3 Å². The number of hydrogen-bond acceptors (Lipinski definition) is 5. The van der Waals surface area contributed by atoms with E-state index < -0.39 is 11.4 Å². The van der Waals surface area contributed by atoms with Gasteiger partial charge in [-0.3, -0.25) is 14.6 Å². The summed E-state index contributed by atoms with van der Waals surface area (Å²) in [6, 6.07) is 5.65. The fourth-order valence-electron chi connectivity index (χ4n) is 4.09. The van der Waals surface area contributed by atoms with E-state index in [4.69, 9.17) is 0 Å². The lowest BCUT2D eigenvalue weighted by molar-refractivity contribution is -0.149. The first kappa shape index (κ1) is 16.2. The molecule has 0 unspecified atom stereocenters. The molecular formula is C18H19N3O3S. The molecule has 0 aromatic carbocycles. The van der Waals surface area contributed by atoms with Crippen LogP contribution in [0.15, 0.2) is 29.8 Å². The number of amides is 1. The number of likely N-dealkylation sites (tertiary alicyclic amines) is 1. The van der Waals surface area contributed by atoms with E-state index in [1.807, 2.05) is 23.6 Å². The number of hydrogen-bond donors (Lipinski definition) is 1. The number of carboxylic acids is 1. The molecule has 1 amide bonds. The summed E-state index contributed by atoms with van der Waals surface area (Å²) in [5, 5.41) is 12.3. The summed E-state index contributed by atoms with van der Waals surface area (Å²) >= 11 is 1.47. The lowest BCUT2D eigenvalue weighted by atomic mass is 9.81. The van der Waals surface area contributed by atoms with E-state index in [0.29, 0.717) is 19.5 Å². The number of aliphatic carboxylic acids is 1. The minimum atomic E-state index is -0.753. The summed E-state index contributed by atoms with van der Waals surface area (Å²) in [4.78, 5) is 34.9. The number of carbonyl (C=O) groups excluding carboxylic acids is 1. The normalized spacial score (nSPS) is 25.1. The molecule has 2 aliphatic rings. The van der Waals surface area contributed by atoms with Crippen molar-refractivity contribution in [2.45, 2.75) is 25.7 Å².